The third-order valence-electron chi connectivity index (χ3n) is 3.58. The highest BCUT2D eigenvalue weighted by Crippen LogP contribution is 2.26. The minimum atomic E-state index is -0.656. The zero-order valence-electron chi connectivity index (χ0n) is 12.9. The van der Waals surface area contributed by atoms with Crippen LogP contribution in [0.25, 0.3) is 11.4 Å². The summed E-state index contributed by atoms with van der Waals surface area (Å²) in [6.07, 6.45) is 1.85. The standard InChI is InChI=1S/C17H12N4O4/c22-20(23)14-8-7-12(17(11-14)21(24)25)10-13-4-3-6-16(19-13)15-5-1-2-9-18-15/h1-9,11H,10H2. The van der Waals surface area contributed by atoms with Crippen LogP contribution in [0.5, 0.6) is 0 Å². The zero-order valence-corrected chi connectivity index (χ0v) is 12.9. The van der Waals surface area contributed by atoms with Gasteiger partial charge in [0.15, 0.2) is 0 Å². The van der Waals surface area contributed by atoms with Crippen LogP contribution in [0.1, 0.15) is 11.3 Å². The third-order valence-corrected chi connectivity index (χ3v) is 3.58. The van der Waals surface area contributed by atoms with E-state index in [1.807, 2.05) is 12.1 Å². The fraction of sp³-hybridized carbons (Fsp3) is 0.0588. The van der Waals surface area contributed by atoms with Gasteiger partial charge >= 0.3 is 0 Å². The van der Waals surface area contributed by atoms with Crippen molar-refractivity contribution in [2.75, 3.05) is 0 Å². The molecule has 1 aromatic carbocycles. The van der Waals surface area contributed by atoms with Crippen LogP contribution in [-0.2, 0) is 6.42 Å². The van der Waals surface area contributed by atoms with Gasteiger partial charge in [0.2, 0.25) is 0 Å². The molecule has 2 heterocycles. The highest BCUT2D eigenvalue weighted by atomic mass is 16.6. The molecule has 0 N–H and O–H groups in total. The first-order valence-electron chi connectivity index (χ1n) is 7.33. The Balaban J connectivity index is 1.95. The Labute approximate surface area is 142 Å². The maximum atomic E-state index is 11.2. The van der Waals surface area contributed by atoms with Crippen molar-refractivity contribution in [2.45, 2.75) is 6.42 Å². The lowest BCUT2D eigenvalue weighted by molar-refractivity contribution is -0.394. The number of benzene rings is 1. The van der Waals surface area contributed by atoms with Gasteiger partial charge in [0.1, 0.15) is 0 Å². The lowest BCUT2D eigenvalue weighted by Crippen LogP contribution is -2.00. The van der Waals surface area contributed by atoms with E-state index in [1.165, 1.54) is 12.1 Å². The van der Waals surface area contributed by atoms with Gasteiger partial charge < -0.3 is 0 Å². The Kier molecular flexibility index (Phi) is 4.42. The van der Waals surface area contributed by atoms with Gasteiger partial charge in [0.05, 0.1) is 27.3 Å². The average Bonchev–Trinajstić information content (AvgIpc) is 2.62. The SMILES string of the molecule is O=[N+]([O-])c1ccc(Cc2cccc(-c3ccccn3)n2)c([N+](=O)[O-])c1. The largest absolute Gasteiger partial charge is 0.279 e. The molecular weight excluding hydrogens is 324 g/mol. The summed E-state index contributed by atoms with van der Waals surface area (Å²) in [5.74, 6) is 0. The fourth-order valence-electron chi connectivity index (χ4n) is 2.42. The Morgan fingerprint density at radius 3 is 2.36 bits per heavy atom. The number of hydrogen-bond acceptors (Lipinski definition) is 6. The average molecular weight is 336 g/mol. The van der Waals surface area contributed by atoms with Crippen molar-refractivity contribution in [3.63, 3.8) is 0 Å². The highest BCUT2D eigenvalue weighted by Gasteiger charge is 2.19. The number of nitro benzene ring substituents is 2. The van der Waals surface area contributed by atoms with E-state index in [0.717, 1.165) is 6.07 Å². The first-order valence-corrected chi connectivity index (χ1v) is 7.33. The summed E-state index contributed by atoms with van der Waals surface area (Å²) in [5.41, 5.74) is 1.72. The van der Waals surface area contributed by atoms with Gasteiger partial charge in [-0.1, -0.05) is 12.1 Å². The minimum Gasteiger partial charge on any atom is -0.258 e. The Morgan fingerprint density at radius 1 is 0.880 bits per heavy atom. The molecule has 0 fully saturated rings. The first-order chi connectivity index (χ1) is 12.0. The molecular formula is C17H12N4O4. The summed E-state index contributed by atoms with van der Waals surface area (Å²) in [7, 11) is 0. The van der Waals surface area contributed by atoms with E-state index >= 15 is 0 Å². The van der Waals surface area contributed by atoms with Gasteiger partial charge in [-0.25, -0.2) is 0 Å². The summed E-state index contributed by atoms with van der Waals surface area (Å²) in [4.78, 5) is 29.5. The van der Waals surface area contributed by atoms with E-state index in [0.29, 0.717) is 22.6 Å². The topological polar surface area (TPSA) is 112 Å². The molecule has 8 heteroatoms. The molecule has 0 saturated carbocycles. The molecule has 2 aromatic heterocycles. The van der Waals surface area contributed by atoms with E-state index in [2.05, 4.69) is 9.97 Å². The molecule has 124 valence electrons. The van der Waals surface area contributed by atoms with Crippen molar-refractivity contribution >= 4 is 11.4 Å². The second kappa shape index (κ2) is 6.83. The molecule has 3 rings (SSSR count). The predicted octanol–water partition coefficient (Wildman–Crippen LogP) is 3.55. The summed E-state index contributed by atoms with van der Waals surface area (Å²) >= 11 is 0. The molecule has 0 aliphatic heterocycles. The van der Waals surface area contributed by atoms with E-state index in [-0.39, 0.29) is 17.8 Å². The van der Waals surface area contributed by atoms with Crippen LogP contribution in [0.15, 0.2) is 60.8 Å². The molecule has 3 aromatic rings. The Morgan fingerprint density at radius 2 is 1.68 bits per heavy atom. The van der Waals surface area contributed by atoms with Crippen LogP contribution >= 0.6 is 0 Å². The van der Waals surface area contributed by atoms with Gasteiger partial charge in [-0.05, 0) is 30.3 Å². The number of aromatic nitrogens is 2. The van der Waals surface area contributed by atoms with E-state index in [4.69, 9.17) is 0 Å². The molecule has 0 amide bonds. The summed E-state index contributed by atoms with van der Waals surface area (Å²) in [6.45, 7) is 0. The molecule has 0 unspecified atom stereocenters. The first kappa shape index (κ1) is 16.2. The minimum absolute atomic E-state index is 0.189. The molecule has 8 nitrogen and oxygen atoms in total. The summed E-state index contributed by atoms with van der Waals surface area (Å²) < 4.78 is 0. The molecule has 0 bridgehead atoms. The zero-order chi connectivity index (χ0) is 17.8. The van der Waals surface area contributed by atoms with Crippen LogP contribution < -0.4 is 0 Å². The lowest BCUT2D eigenvalue weighted by atomic mass is 10.1. The molecule has 25 heavy (non-hydrogen) atoms. The van der Waals surface area contributed by atoms with Gasteiger partial charge in [-0.3, -0.25) is 30.2 Å². The van der Waals surface area contributed by atoms with E-state index in [9.17, 15) is 20.2 Å². The predicted molar refractivity (Wildman–Crippen MR) is 90.0 cm³/mol. The van der Waals surface area contributed by atoms with Crippen LogP contribution in [0.2, 0.25) is 0 Å². The van der Waals surface area contributed by atoms with Gasteiger partial charge in [-0.15, -0.1) is 0 Å². The quantitative estimate of drug-likeness (QED) is 0.520. The van der Waals surface area contributed by atoms with Crippen LogP contribution in [0.3, 0.4) is 0 Å². The molecule has 0 aliphatic rings. The number of non-ortho nitro benzene ring substituents is 1. The molecule has 0 saturated heterocycles. The number of nitrogens with zero attached hydrogens (tertiary/aromatic N) is 4. The van der Waals surface area contributed by atoms with Crippen molar-refractivity contribution < 1.29 is 9.85 Å². The number of nitro groups is 2. The normalized spacial score (nSPS) is 10.4. The summed E-state index contributed by atoms with van der Waals surface area (Å²) in [6, 6.07) is 14.4. The monoisotopic (exact) mass is 336 g/mol. The van der Waals surface area contributed by atoms with Crippen molar-refractivity contribution in [3.05, 3.63) is 92.3 Å². The van der Waals surface area contributed by atoms with Crippen molar-refractivity contribution in [1.29, 1.82) is 0 Å². The summed E-state index contributed by atoms with van der Waals surface area (Å²) in [5, 5.41) is 22.0. The number of rotatable bonds is 5. The molecule has 0 spiro atoms. The lowest BCUT2D eigenvalue weighted by Gasteiger charge is -2.05. The second-order valence-corrected chi connectivity index (χ2v) is 5.23. The van der Waals surface area contributed by atoms with Gasteiger partial charge in [0.25, 0.3) is 11.4 Å². The van der Waals surface area contributed by atoms with Crippen LogP contribution in [0.4, 0.5) is 11.4 Å². The fourth-order valence-corrected chi connectivity index (χ4v) is 2.42. The van der Waals surface area contributed by atoms with E-state index < -0.39 is 9.85 Å². The van der Waals surface area contributed by atoms with E-state index in [1.54, 1.807) is 30.5 Å². The number of hydrogen-bond donors (Lipinski definition) is 0. The Hall–Kier alpha value is -3.68. The van der Waals surface area contributed by atoms with Gasteiger partial charge in [-0.2, -0.15) is 0 Å². The molecule has 0 radical (unpaired) electrons. The number of pyridine rings is 2. The van der Waals surface area contributed by atoms with Crippen LogP contribution in [-0.4, -0.2) is 19.8 Å². The van der Waals surface area contributed by atoms with Crippen molar-refractivity contribution in [1.82, 2.24) is 9.97 Å². The third kappa shape index (κ3) is 3.63. The molecule has 0 aliphatic carbocycles. The van der Waals surface area contributed by atoms with Crippen LogP contribution in [0, 0.1) is 20.2 Å². The highest BCUT2D eigenvalue weighted by molar-refractivity contribution is 5.54. The Bertz CT molecular complexity index is 944. The second-order valence-electron chi connectivity index (χ2n) is 5.23. The maximum Gasteiger partial charge on any atom is 0.279 e. The maximum absolute atomic E-state index is 11.2. The van der Waals surface area contributed by atoms with Crippen molar-refractivity contribution in [3.8, 4) is 11.4 Å². The molecule has 0 atom stereocenters. The van der Waals surface area contributed by atoms with Gasteiger partial charge in [0, 0.05) is 29.9 Å². The van der Waals surface area contributed by atoms with Crippen molar-refractivity contribution in [2.24, 2.45) is 0 Å². The smallest absolute Gasteiger partial charge is 0.258 e.